The van der Waals surface area contributed by atoms with Crippen LogP contribution in [0.3, 0.4) is 0 Å². The van der Waals surface area contributed by atoms with E-state index >= 15 is 0 Å². The lowest BCUT2D eigenvalue weighted by Crippen LogP contribution is -2.39. The molecule has 0 aromatic heterocycles. The number of hydrogen-bond acceptors (Lipinski definition) is 6. The van der Waals surface area contributed by atoms with Crippen LogP contribution in [0.1, 0.15) is 31.7 Å². The Balaban J connectivity index is 1.91. The van der Waals surface area contributed by atoms with Crippen LogP contribution in [0.25, 0.3) is 0 Å². The molecule has 3 rings (SSSR count). The summed E-state index contributed by atoms with van der Waals surface area (Å²) >= 11 is 0.507. The minimum absolute atomic E-state index is 0.00669. The Morgan fingerprint density at radius 2 is 1.58 bits per heavy atom. The molecule has 0 amide bonds. The van der Waals surface area contributed by atoms with Crippen molar-refractivity contribution in [3.63, 3.8) is 0 Å². The number of thioether (sulfide) groups is 1. The molecule has 174 valence electrons. The maximum Gasteiger partial charge on any atom is 0.421 e. The molecule has 0 bridgehead atoms. The number of sulfone groups is 1. The highest BCUT2D eigenvalue weighted by Gasteiger charge is 2.55. The number of aliphatic hydroxyl groups is 1. The lowest BCUT2D eigenvalue weighted by molar-refractivity contribution is -0.258. The maximum atomic E-state index is 13.6. The first kappa shape index (κ1) is 24.2. The maximum absolute atomic E-state index is 13.6. The van der Waals surface area contributed by atoms with E-state index in [1.54, 1.807) is 4.90 Å². The zero-order valence-corrected chi connectivity index (χ0v) is 17.9. The molecule has 5 nitrogen and oxygen atoms in total. The Bertz CT molecular complexity index is 937. The summed E-state index contributed by atoms with van der Waals surface area (Å²) in [5, 5.41) is 9.71. The zero-order chi connectivity index (χ0) is 23.2. The summed E-state index contributed by atoms with van der Waals surface area (Å²) in [4.78, 5) is 4.72. The van der Waals surface area contributed by atoms with Crippen molar-refractivity contribution < 1.29 is 39.9 Å². The van der Waals surface area contributed by atoms with E-state index in [0.717, 1.165) is 43.5 Å². The monoisotopic (exact) mass is 490 g/mol. The van der Waals surface area contributed by atoms with Gasteiger partial charge in [0.2, 0.25) is 0 Å². The van der Waals surface area contributed by atoms with Gasteiger partial charge < -0.3 is 10.0 Å². The minimum Gasteiger partial charge on any atom is -0.376 e. The molecule has 31 heavy (non-hydrogen) atoms. The van der Waals surface area contributed by atoms with Crippen LogP contribution in [-0.2, 0) is 15.4 Å². The van der Waals surface area contributed by atoms with Gasteiger partial charge in [0.15, 0.2) is 26.6 Å². The number of piperidine rings is 1. The molecule has 2 aliphatic heterocycles. The number of hydrogen-bond donors (Lipinski definition) is 1. The van der Waals surface area contributed by atoms with E-state index < -0.39 is 48.9 Å². The summed E-state index contributed by atoms with van der Waals surface area (Å²) in [7, 11) is -4.60. The van der Waals surface area contributed by atoms with Crippen molar-refractivity contribution >= 4 is 26.8 Å². The SMILES string of the molecule is CC(O)(c1ccc(S(=O)(=O)C2SC(N3CCCCC3)=NC2C(F)(F)F)cc1)C(F)(F)F. The third kappa shape index (κ3) is 4.68. The van der Waals surface area contributed by atoms with Gasteiger partial charge in [-0.2, -0.15) is 26.3 Å². The van der Waals surface area contributed by atoms with Gasteiger partial charge in [0.05, 0.1) is 4.90 Å². The first-order valence-electron chi connectivity index (χ1n) is 9.35. The summed E-state index contributed by atoms with van der Waals surface area (Å²) in [6.07, 6.45) is -7.50. The third-order valence-electron chi connectivity index (χ3n) is 5.29. The largest absolute Gasteiger partial charge is 0.421 e. The van der Waals surface area contributed by atoms with Crippen molar-refractivity contribution in [2.75, 3.05) is 13.1 Å². The fourth-order valence-corrected chi connectivity index (χ4v) is 6.84. The number of aliphatic imine (C=N–C) groups is 1. The molecule has 0 radical (unpaired) electrons. The quantitative estimate of drug-likeness (QED) is 0.647. The summed E-state index contributed by atoms with van der Waals surface area (Å²) in [5.74, 6) is 0. The van der Waals surface area contributed by atoms with E-state index in [1.807, 2.05) is 0 Å². The number of likely N-dealkylation sites (tertiary alicyclic amines) is 1. The van der Waals surface area contributed by atoms with E-state index in [0.29, 0.717) is 31.8 Å². The molecule has 1 aromatic carbocycles. The van der Waals surface area contributed by atoms with E-state index in [2.05, 4.69) is 4.99 Å². The van der Waals surface area contributed by atoms with Gasteiger partial charge in [0.25, 0.3) is 0 Å². The second-order valence-corrected chi connectivity index (χ2v) is 11.0. The summed E-state index contributed by atoms with van der Waals surface area (Å²) in [6.45, 7) is 1.45. The Morgan fingerprint density at radius 3 is 2.06 bits per heavy atom. The van der Waals surface area contributed by atoms with Gasteiger partial charge in [-0.05, 0) is 43.9 Å². The normalized spacial score (nSPS) is 25.3. The van der Waals surface area contributed by atoms with Crippen LogP contribution in [0.2, 0.25) is 0 Å². The molecule has 3 unspecified atom stereocenters. The molecular formula is C18H20F6N2O3S2. The highest BCUT2D eigenvalue weighted by atomic mass is 32.3. The molecule has 1 fully saturated rings. The van der Waals surface area contributed by atoms with Crippen LogP contribution in [-0.4, -0.2) is 59.7 Å². The number of benzene rings is 1. The van der Waals surface area contributed by atoms with Crippen molar-refractivity contribution in [1.82, 2.24) is 4.90 Å². The van der Waals surface area contributed by atoms with Crippen LogP contribution in [0.5, 0.6) is 0 Å². The van der Waals surface area contributed by atoms with E-state index in [9.17, 15) is 39.9 Å². The molecule has 1 aromatic rings. The molecular weight excluding hydrogens is 470 g/mol. The Kier molecular flexibility index (Phi) is 6.35. The average molecular weight is 490 g/mol. The topological polar surface area (TPSA) is 70.0 Å². The summed E-state index contributed by atoms with van der Waals surface area (Å²) in [5.41, 5.74) is -3.87. The van der Waals surface area contributed by atoms with Crippen LogP contribution in [0.15, 0.2) is 34.2 Å². The molecule has 1 saturated heterocycles. The molecule has 2 aliphatic rings. The van der Waals surface area contributed by atoms with Crippen molar-refractivity contribution in [2.24, 2.45) is 4.99 Å². The second kappa shape index (κ2) is 8.14. The molecule has 2 heterocycles. The highest BCUT2D eigenvalue weighted by Crippen LogP contribution is 2.44. The van der Waals surface area contributed by atoms with Gasteiger partial charge in [0.1, 0.15) is 4.58 Å². The van der Waals surface area contributed by atoms with E-state index in [4.69, 9.17) is 0 Å². The lowest BCUT2D eigenvalue weighted by atomic mass is 9.96. The first-order chi connectivity index (χ1) is 14.2. The van der Waals surface area contributed by atoms with Gasteiger partial charge >= 0.3 is 12.4 Å². The average Bonchev–Trinajstić information content (AvgIpc) is 3.15. The molecule has 0 aliphatic carbocycles. The molecule has 13 heteroatoms. The first-order valence-corrected chi connectivity index (χ1v) is 11.8. The smallest absolute Gasteiger partial charge is 0.376 e. The Labute approximate surface area is 179 Å². The Morgan fingerprint density at radius 1 is 1.03 bits per heavy atom. The van der Waals surface area contributed by atoms with Crippen molar-refractivity contribution in [2.45, 2.75) is 59.7 Å². The van der Waals surface area contributed by atoms with Crippen LogP contribution in [0, 0.1) is 0 Å². The summed E-state index contributed by atoms with van der Waals surface area (Å²) < 4.78 is 104. The van der Waals surface area contributed by atoms with Crippen LogP contribution < -0.4 is 0 Å². The van der Waals surface area contributed by atoms with Crippen LogP contribution in [0.4, 0.5) is 26.3 Å². The van der Waals surface area contributed by atoms with Gasteiger partial charge in [-0.25, -0.2) is 13.4 Å². The Hall–Kier alpha value is -1.47. The van der Waals surface area contributed by atoms with Gasteiger partial charge in [-0.1, -0.05) is 23.9 Å². The van der Waals surface area contributed by atoms with Gasteiger partial charge in [0, 0.05) is 13.1 Å². The standard InChI is InChI=1S/C18H20F6N2O3S2/c1-16(27,18(22,23)24)11-5-7-12(8-6-11)31(28,29)14-13(17(19,20)21)25-15(30-14)26-9-3-2-4-10-26/h5-8,13-14,27H,2-4,9-10H2,1H3. The van der Waals surface area contributed by atoms with Gasteiger partial charge in [-0.3, -0.25) is 0 Å². The van der Waals surface area contributed by atoms with Crippen LogP contribution >= 0.6 is 11.8 Å². The zero-order valence-electron chi connectivity index (χ0n) is 16.2. The summed E-state index contributed by atoms with van der Waals surface area (Å²) in [6, 6.07) is 0.553. The number of amidine groups is 1. The fourth-order valence-electron chi connectivity index (χ4n) is 3.35. The predicted molar refractivity (Wildman–Crippen MR) is 103 cm³/mol. The van der Waals surface area contributed by atoms with Crippen molar-refractivity contribution in [3.05, 3.63) is 29.8 Å². The van der Waals surface area contributed by atoms with E-state index in [1.165, 1.54) is 0 Å². The van der Waals surface area contributed by atoms with E-state index in [-0.39, 0.29) is 5.17 Å². The minimum atomic E-state index is -5.02. The molecule has 0 saturated carbocycles. The number of halogens is 6. The molecule has 3 atom stereocenters. The second-order valence-electron chi connectivity index (χ2n) is 7.57. The lowest BCUT2D eigenvalue weighted by Gasteiger charge is -2.28. The van der Waals surface area contributed by atoms with Crippen molar-refractivity contribution in [1.29, 1.82) is 0 Å². The number of nitrogens with zero attached hydrogens (tertiary/aromatic N) is 2. The fraction of sp³-hybridized carbons (Fsp3) is 0.611. The highest BCUT2D eigenvalue weighted by molar-refractivity contribution is 8.23. The predicted octanol–water partition coefficient (Wildman–Crippen LogP) is 4.08. The third-order valence-corrected chi connectivity index (χ3v) is 9.21. The van der Waals surface area contributed by atoms with Gasteiger partial charge in [-0.15, -0.1) is 0 Å². The number of rotatable bonds is 3. The molecule has 1 N–H and O–H groups in total. The molecule has 0 spiro atoms. The van der Waals surface area contributed by atoms with Crippen molar-refractivity contribution in [3.8, 4) is 0 Å². The number of alkyl halides is 6.